The van der Waals surface area contributed by atoms with Crippen LogP contribution < -0.4 is 4.90 Å². The topological polar surface area (TPSA) is 3.24 Å². The Labute approximate surface area is 365 Å². The molecule has 0 N–H and O–H groups in total. The van der Waals surface area contributed by atoms with E-state index in [-0.39, 0.29) is 5.69 Å². The predicted octanol–water partition coefficient (Wildman–Crippen LogP) is 16.3. The van der Waals surface area contributed by atoms with Gasteiger partial charge < -0.3 is 4.90 Å². The smallest absolute Gasteiger partial charge is 0.0645 e. The minimum absolute atomic E-state index is 0.134. The SMILES string of the molecule is [2H]c1c([2H])c([2H])c(-c2c([2H])c([2H])c(-c3c([2H])c([2H])c(N(c4ccc(-c5ccc(-c6ccccc6)cc5)cc4)c4ccc(-c5cccc(-c6cccc7ccccc67)c5)cc4)c([2H])c3[2H])c([2H])c2[2H])c([2H])c1[2H]. The van der Waals surface area contributed by atoms with Crippen LogP contribution in [0.4, 0.5) is 17.1 Å². The summed E-state index contributed by atoms with van der Waals surface area (Å²) in [5.41, 5.74) is 6.74. The van der Waals surface area contributed by atoms with E-state index in [4.69, 9.17) is 12.3 Å². The summed E-state index contributed by atoms with van der Waals surface area (Å²) in [5.74, 6) is 0. The zero-order valence-electron chi connectivity index (χ0n) is 44.6. The Morgan fingerprint density at radius 3 is 1.31 bits per heavy atom. The summed E-state index contributed by atoms with van der Waals surface area (Å²) in [6.07, 6.45) is 0. The van der Waals surface area contributed by atoms with Gasteiger partial charge in [-0.25, -0.2) is 0 Å². The average Bonchev–Trinajstić information content (AvgIpc) is 3.42. The van der Waals surface area contributed by atoms with Gasteiger partial charge in [0.15, 0.2) is 0 Å². The van der Waals surface area contributed by atoms with E-state index in [0.717, 1.165) is 55.3 Å². The highest BCUT2D eigenvalue weighted by atomic mass is 15.1. The molecule has 10 aromatic carbocycles. The molecular formula is C58H41N. The molecule has 0 bridgehead atoms. The average molecular weight is 765 g/mol. The summed E-state index contributed by atoms with van der Waals surface area (Å²) >= 11 is 0. The van der Waals surface area contributed by atoms with E-state index >= 15 is 0 Å². The molecule has 10 aromatic rings. The third-order valence-electron chi connectivity index (χ3n) is 10.3. The Bertz CT molecular complexity index is 3670. The number of benzene rings is 10. The lowest BCUT2D eigenvalue weighted by atomic mass is 9.95. The van der Waals surface area contributed by atoms with Gasteiger partial charge >= 0.3 is 0 Å². The molecule has 0 atom stereocenters. The van der Waals surface area contributed by atoms with Crippen molar-refractivity contribution in [3.05, 3.63) is 248 Å². The zero-order chi connectivity index (χ0) is 50.7. The molecule has 0 aliphatic rings. The Hall–Kier alpha value is -7.74. The first kappa shape index (κ1) is 24.1. The van der Waals surface area contributed by atoms with Gasteiger partial charge in [0.05, 0.1) is 17.8 Å². The quantitative estimate of drug-likeness (QED) is 0.141. The Kier molecular flexibility index (Phi) is 6.55. The molecule has 0 spiro atoms. The number of fused-ring (bicyclic) bond motifs is 1. The van der Waals surface area contributed by atoms with E-state index in [9.17, 15) is 5.48 Å². The molecule has 0 aromatic heterocycles. The first-order chi connectivity index (χ1) is 34.7. The van der Waals surface area contributed by atoms with E-state index in [1.54, 1.807) is 4.90 Å². The van der Waals surface area contributed by atoms with Gasteiger partial charge in [-0.15, -0.1) is 0 Å². The maximum absolute atomic E-state index is 9.55. The molecule has 0 saturated carbocycles. The number of hydrogen-bond donors (Lipinski definition) is 0. The number of hydrogen-bond acceptors (Lipinski definition) is 1. The molecule has 10 rings (SSSR count). The first-order valence-corrected chi connectivity index (χ1v) is 19.2. The molecule has 0 fully saturated rings. The summed E-state index contributed by atoms with van der Waals surface area (Å²) in [6, 6.07) is 47.0. The van der Waals surface area contributed by atoms with Gasteiger partial charge in [-0.2, -0.15) is 0 Å². The van der Waals surface area contributed by atoms with Crippen LogP contribution in [0, 0.1) is 0 Å². The maximum Gasteiger partial charge on any atom is 0.0645 e. The van der Waals surface area contributed by atoms with Crippen molar-refractivity contribution in [1.82, 2.24) is 0 Å². The molecule has 0 radical (unpaired) electrons. The van der Waals surface area contributed by atoms with Crippen LogP contribution in [0.15, 0.2) is 248 Å². The molecule has 0 aliphatic carbocycles. The molecule has 0 saturated heterocycles. The van der Waals surface area contributed by atoms with Crippen molar-refractivity contribution >= 4 is 27.8 Å². The Morgan fingerprint density at radius 2 is 0.695 bits per heavy atom. The van der Waals surface area contributed by atoms with Gasteiger partial charge in [0.1, 0.15) is 0 Å². The highest BCUT2D eigenvalue weighted by molar-refractivity contribution is 5.97. The summed E-state index contributed by atoms with van der Waals surface area (Å²) in [5, 5.41) is 2.27. The lowest BCUT2D eigenvalue weighted by molar-refractivity contribution is 1.28. The summed E-state index contributed by atoms with van der Waals surface area (Å²) < 4.78 is 115. The lowest BCUT2D eigenvalue weighted by Crippen LogP contribution is -2.09. The van der Waals surface area contributed by atoms with Gasteiger partial charge in [-0.3, -0.25) is 0 Å². The normalized spacial score (nSPS) is 14.1. The fourth-order valence-electron chi connectivity index (χ4n) is 7.32. The van der Waals surface area contributed by atoms with Crippen LogP contribution in [0.1, 0.15) is 17.8 Å². The van der Waals surface area contributed by atoms with Crippen LogP contribution in [-0.2, 0) is 0 Å². The monoisotopic (exact) mass is 764 g/mol. The summed E-state index contributed by atoms with van der Waals surface area (Å²) in [4.78, 5) is 1.62. The first-order valence-electron chi connectivity index (χ1n) is 25.7. The minimum atomic E-state index is -0.773. The van der Waals surface area contributed by atoms with Crippen molar-refractivity contribution < 1.29 is 17.8 Å². The summed E-state index contributed by atoms with van der Waals surface area (Å²) in [6.45, 7) is 0. The van der Waals surface area contributed by atoms with Crippen LogP contribution in [0.3, 0.4) is 0 Å². The van der Waals surface area contributed by atoms with Crippen LogP contribution in [-0.4, -0.2) is 0 Å². The van der Waals surface area contributed by atoms with Gasteiger partial charge in [0.2, 0.25) is 0 Å². The van der Waals surface area contributed by atoms with E-state index < -0.39 is 101 Å². The molecule has 59 heavy (non-hydrogen) atoms. The second-order valence-corrected chi connectivity index (χ2v) is 14.0. The fraction of sp³-hybridized carbons (Fsp3) is 0. The lowest BCUT2D eigenvalue weighted by Gasteiger charge is -2.26. The molecule has 1 heteroatoms. The number of nitrogens with zero attached hydrogens (tertiary/aromatic N) is 1. The van der Waals surface area contributed by atoms with Gasteiger partial charge in [0.25, 0.3) is 0 Å². The number of anilines is 3. The second-order valence-electron chi connectivity index (χ2n) is 14.0. The molecular weight excluding hydrogens is 711 g/mol. The largest absolute Gasteiger partial charge is 0.311 e. The van der Waals surface area contributed by atoms with Crippen molar-refractivity contribution in [3.63, 3.8) is 0 Å². The van der Waals surface area contributed by atoms with Crippen molar-refractivity contribution in [2.24, 2.45) is 0 Å². The Morgan fingerprint density at radius 1 is 0.271 bits per heavy atom. The van der Waals surface area contributed by atoms with Gasteiger partial charge in [0, 0.05) is 17.1 Å². The number of rotatable bonds is 9. The molecule has 0 heterocycles. The third-order valence-corrected chi connectivity index (χ3v) is 10.3. The van der Waals surface area contributed by atoms with E-state index in [2.05, 4.69) is 48.5 Å². The maximum atomic E-state index is 9.55. The molecule has 278 valence electrons. The standard InChI is InChI=1S/C58H41N/c1-3-11-42(12-4-1)44-21-25-46(26-22-44)48-29-35-54(36-30-48)59(55-37-31-49(32-38-55)47-27-23-45(24-28-47)43-13-5-2-6-14-43)56-39-33-50(34-40-56)52-17-9-18-53(41-52)58-20-10-16-51-15-7-8-19-57(51)58/h1-41H/i1D,3D,4D,11D,12D,21D,22D,25D,26D,29D,30D,35D,36D. The molecule has 0 aliphatic heterocycles. The van der Waals surface area contributed by atoms with Gasteiger partial charge in [-0.05, 0) is 120 Å². The predicted molar refractivity (Wildman–Crippen MR) is 251 cm³/mol. The van der Waals surface area contributed by atoms with Crippen molar-refractivity contribution in [2.45, 2.75) is 0 Å². The fourth-order valence-corrected chi connectivity index (χ4v) is 7.32. The van der Waals surface area contributed by atoms with Crippen LogP contribution in [0.2, 0.25) is 0 Å². The molecule has 1 nitrogen and oxygen atoms in total. The van der Waals surface area contributed by atoms with Gasteiger partial charge in [-0.1, -0.05) is 206 Å². The van der Waals surface area contributed by atoms with E-state index in [1.807, 2.05) is 121 Å². The van der Waals surface area contributed by atoms with Crippen molar-refractivity contribution in [2.75, 3.05) is 4.90 Å². The minimum Gasteiger partial charge on any atom is -0.311 e. The third kappa shape index (κ3) is 7.46. The second kappa shape index (κ2) is 16.0. The zero-order valence-corrected chi connectivity index (χ0v) is 31.6. The van der Waals surface area contributed by atoms with Crippen molar-refractivity contribution in [3.8, 4) is 66.8 Å². The summed E-state index contributed by atoms with van der Waals surface area (Å²) in [7, 11) is 0. The highest BCUT2D eigenvalue weighted by Gasteiger charge is 2.15. The molecule has 0 amide bonds. The van der Waals surface area contributed by atoms with E-state index in [0.29, 0.717) is 11.4 Å². The van der Waals surface area contributed by atoms with Crippen LogP contribution in [0.25, 0.3) is 77.5 Å². The molecule has 0 unspecified atom stereocenters. The van der Waals surface area contributed by atoms with Crippen LogP contribution >= 0.6 is 0 Å². The Balaban J connectivity index is 1.09. The van der Waals surface area contributed by atoms with Crippen LogP contribution in [0.5, 0.6) is 0 Å². The van der Waals surface area contributed by atoms with E-state index in [1.165, 1.54) is 0 Å². The highest BCUT2D eigenvalue weighted by Crippen LogP contribution is 2.39. The van der Waals surface area contributed by atoms with Crippen molar-refractivity contribution in [1.29, 1.82) is 0 Å².